The number of hydrogen-bond acceptors (Lipinski definition) is 5. The summed E-state index contributed by atoms with van der Waals surface area (Å²) >= 11 is 1.43. The first-order chi connectivity index (χ1) is 15.3. The van der Waals surface area contributed by atoms with Crippen LogP contribution in [0.1, 0.15) is 38.1 Å². The maximum Gasteiger partial charge on any atom is 0.282 e. The van der Waals surface area contributed by atoms with E-state index < -0.39 is 0 Å². The molecule has 1 aromatic heterocycles. The van der Waals surface area contributed by atoms with Crippen LogP contribution in [-0.4, -0.2) is 18.4 Å². The second-order valence-corrected chi connectivity index (χ2v) is 9.47. The van der Waals surface area contributed by atoms with E-state index in [2.05, 4.69) is 26.1 Å². The zero-order valence-corrected chi connectivity index (χ0v) is 19.5. The van der Waals surface area contributed by atoms with Crippen LogP contribution in [0, 0.1) is 0 Å². The number of nitrogens with zero attached hydrogens (tertiary/aromatic N) is 1. The Balaban J connectivity index is 1.75. The van der Waals surface area contributed by atoms with E-state index in [-0.39, 0.29) is 22.9 Å². The second kappa shape index (κ2) is 8.63. The van der Waals surface area contributed by atoms with Crippen molar-refractivity contribution in [3.8, 4) is 5.75 Å². The van der Waals surface area contributed by atoms with Gasteiger partial charge in [-0.25, -0.2) is 4.90 Å². The number of carbonyl (C=O) groups excluding carboxylic acids is 2. The predicted molar refractivity (Wildman–Crippen MR) is 130 cm³/mol. The maximum atomic E-state index is 13.5. The number of anilines is 2. The third kappa shape index (κ3) is 4.06. The molecule has 2 aromatic carbocycles. The van der Waals surface area contributed by atoms with Gasteiger partial charge in [-0.05, 0) is 53.6 Å². The van der Waals surface area contributed by atoms with Crippen LogP contribution in [0.25, 0.3) is 5.57 Å². The number of carbonyl (C=O) groups is 2. The van der Waals surface area contributed by atoms with Crippen molar-refractivity contribution in [2.45, 2.75) is 33.1 Å². The molecule has 0 saturated carbocycles. The molecule has 3 aromatic rings. The summed E-state index contributed by atoms with van der Waals surface area (Å²) in [7, 11) is 0. The van der Waals surface area contributed by atoms with E-state index in [0.29, 0.717) is 29.3 Å². The molecule has 32 heavy (non-hydrogen) atoms. The Morgan fingerprint density at radius 3 is 2.28 bits per heavy atom. The van der Waals surface area contributed by atoms with Crippen molar-refractivity contribution in [1.29, 1.82) is 0 Å². The lowest BCUT2D eigenvalue weighted by Crippen LogP contribution is -2.32. The van der Waals surface area contributed by atoms with Crippen molar-refractivity contribution in [3.63, 3.8) is 0 Å². The third-order valence-corrected chi connectivity index (χ3v) is 6.18. The minimum Gasteiger partial charge on any atom is -0.492 e. The monoisotopic (exact) mass is 446 g/mol. The molecule has 0 atom stereocenters. The molecule has 4 rings (SSSR count). The van der Waals surface area contributed by atoms with Crippen molar-refractivity contribution >= 4 is 40.1 Å². The van der Waals surface area contributed by atoms with Gasteiger partial charge in [-0.15, -0.1) is 11.3 Å². The Morgan fingerprint density at radius 1 is 0.938 bits per heavy atom. The first-order valence-corrected chi connectivity index (χ1v) is 11.5. The van der Waals surface area contributed by atoms with Gasteiger partial charge in [-0.2, -0.15) is 0 Å². The average molecular weight is 447 g/mol. The van der Waals surface area contributed by atoms with Crippen molar-refractivity contribution in [2.75, 3.05) is 16.8 Å². The molecular formula is C26H26N2O3S. The summed E-state index contributed by atoms with van der Waals surface area (Å²) in [5, 5.41) is 5.09. The number of rotatable bonds is 6. The highest BCUT2D eigenvalue weighted by molar-refractivity contribution is 7.11. The van der Waals surface area contributed by atoms with Gasteiger partial charge >= 0.3 is 0 Å². The van der Waals surface area contributed by atoms with Crippen LogP contribution in [0.5, 0.6) is 5.75 Å². The zero-order valence-electron chi connectivity index (χ0n) is 18.6. The van der Waals surface area contributed by atoms with E-state index >= 15 is 0 Å². The highest BCUT2D eigenvalue weighted by Crippen LogP contribution is 2.37. The maximum absolute atomic E-state index is 13.5. The average Bonchev–Trinajstić information content (AvgIpc) is 3.36. The molecule has 1 N–H and O–H groups in total. The van der Waals surface area contributed by atoms with Crippen molar-refractivity contribution in [3.05, 3.63) is 82.2 Å². The lowest BCUT2D eigenvalue weighted by atomic mass is 9.87. The summed E-state index contributed by atoms with van der Waals surface area (Å²) in [5.74, 6) is -0.0909. The lowest BCUT2D eigenvalue weighted by Gasteiger charge is -2.21. The quantitative estimate of drug-likeness (QED) is 0.483. The minimum atomic E-state index is -0.381. The number of imide groups is 1. The molecule has 0 spiro atoms. The van der Waals surface area contributed by atoms with Gasteiger partial charge in [0, 0.05) is 4.88 Å². The largest absolute Gasteiger partial charge is 0.492 e. The van der Waals surface area contributed by atoms with Gasteiger partial charge in [0.05, 0.1) is 23.6 Å². The predicted octanol–water partition coefficient (Wildman–Crippen LogP) is 5.84. The summed E-state index contributed by atoms with van der Waals surface area (Å²) in [6.07, 6.45) is 0. The molecule has 1 aliphatic rings. The Labute approximate surface area is 192 Å². The molecule has 0 radical (unpaired) electrons. The number of ether oxygens (including phenoxy) is 1. The number of nitrogens with one attached hydrogen (secondary N) is 1. The summed E-state index contributed by atoms with van der Waals surface area (Å²) in [6.45, 7) is 8.78. The van der Waals surface area contributed by atoms with Crippen LogP contribution in [0.4, 0.5) is 11.4 Å². The molecule has 164 valence electrons. The van der Waals surface area contributed by atoms with E-state index in [1.54, 1.807) is 0 Å². The normalized spacial score (nSPS) is 14.3. The summed E-state index contributed by atoms with van der Waals surface area (Å²) in [4.78, 5) is 29.0. The van der Waals surface area contributed by atoms with Gasteiger partial charge in [0.25, 0.3) is 11.8 Å². The Kier molecular flexibility index (Phi) is 5.89. The zero-order chi connectivity index (χ0) is 22.9. The molecule has 0 unspecified atom stereocenters. The summed E-state index contributed by atoms with van der Waals surface area (Å²) in [5.41, 5.74) is 2.94. The van der Waals surface area contributed by atoms with E-state index in [1.165, 1.54) is 16.2 Å². The SMILES string of the molecule is CCOc1ccccc1NC1=C(c2cccs2)C(=O)N(c2ccc(C(C)(C)C)cc2)C1=O. The van der Waals surface area contributed by atoms with Gasteiger partial charge in [0.2, 0.25) is 0 Å². The van der Waals surface area contributed by atoms with Crippen LogP contribution in [0.2, 0.25) is 0 Å². The highest BCUT2D eigenvalue weighted by Gasteiger charge is 2.41. The van der Waals surface area contributed by atoms with Crippen LogP contribution in [0.15, 0.2) is 71.7 Å². The minimum absolute atomic E-state index is 0.0202. The van der Waals surface area contributed by atoms with Gasteiger partial charge in [0.15, 0.2) is 0 Å². The molecule has 2 heterocycles. The fraction of sp³-hybridized carbons (Fsp3) is 0.231. The Hall–Kier alpha value is -3.38. The standard InChI is InChI=1S/C26H26N2O3S/c1-5-31-20-10-7-6-9-19(20)27-23-22(21-11-8-16-32-21)24(29)28(25(23)30)18-14-12-17(13-15-18)26(2,3)4/h6-16,27H,5H2,1-4H3. The summed E-state index contributed by atoms with van der Waals surface area (Å²) < 4.78 is 5.70. The third-order valence-electron chi connectivity index (χ3n) is 5.29. The topological polar surface area (TPSA) is 58.6 Å². The Bertz CT molecular complexity index is 1170. The first-order valence-electron chi connectivity index (χ1n) is 10.6. The molecular weight excluding hydrogens is 420 g/mol. The van der Waals surface area contributed by atoms with Gasteiger partial charge in [-0.3, -0.25) is 9.59 Å². The van der Waals surface area contributed by atoms with Crippen LogP contribution in [-0.2, 0) is 15.0 Å². The molecule has 0 bridgehead atoms. The van der Waals surface area contributed by atoms with Gasteiger partial charge < -0.3 is 10.1 Å². The van der Waals surface area contributed by atoms with Gasteiger partial charge in [0.1, 0.15) is 11.4 Å². The second-order valence-electron chi connectivity index (χ2n) is 8.52. The van der Waals surface area contributed by atoms with Crippen LogP contribution >= 0.6 is 11.3 Å². The number of thiophene rings is 1. The highest BCUT2D eigenvalue weighted by atomic mass is 32.1. The van der Waals surface area contributed by atoms with Crippen LogP contribution in [0.3, 0.4) is 0 Å². The molecule has 6 heteroatoms. The lowest BCUT2D eigenvalue weighted by molar-refractivity contribution is -0.120. The fourth-order valence-corrected chi connectivity index (χ4v) is 4.39. The number of hydrogen-bond donors (Lipinski definition) is 1. The van der Waals surface area contributed by atoms with Crippen molar-refractivity contribution in [2.24, 2.45) is 0 Å². The molecule has 5 nitrogen and oxygen atoms in total. The van der Waals surface area contributed by atoms with Crippen molar-refractivity contribution < 1.29 is 14.3 Å². The molecule has 0 fully saturated rings. The van der Waals surface area contributed by atoms with E-state index in [9.17, 15) is 9.59 Å². The smallest absolute Gasteiger partial charge is 0.282 e. The molecule has 1 aliphatic heterocycles. The first kappa shape index (κ1) is 21.8. The fourth-order valence-electron chi connectivity index (χ4n) is 3.63. The molecule has 0 aliphatic carbocycles. The number of amides is 2. The molecule has 0 saturated heterocycles. The Morgan fingerprint density at radius 2 is 1.66 bits per heavy atom. The number of benzene rings is 2. The van der Waals surface area contributed by atoms with E-state index in [1.807, 2.05) is 73.0 Å². The van der Waals surface area contributed by atoms with E-state index in [0.717, 1.165) is 10.4 Å². The van der Waals surface area contributed by atoms with Crippen LogP contribution < -0.4 is 15.0 Å². The summed E-state index contributed by atoms with van der Waals surface area (Å²) in [6, 6.07) is 18.7. The van der Waals surface area contributed by atoms with E-state index in [4.69, 9.17) is 4.74 Å². The molecule has 2 amide bonds. The number of para-hydroxylation sites is 2. The van der Waals surface area contributed by atoms with Gasteiger partial charge in [-0.1, -0.05) is 51.1 Å². The van der Waals surface area contributed by atoms with Crippen molar-refractivity contribution in [1.82, 2.24) is 0 Å².